The monoisotopic (exact) mass is 351 g/mol. The smallest absolute Gasteiger partial charge is 0.0575 e. The second kappa shape index (κ2) is 7.75. The summed E-state index contributed by atoms with van der Waals surface area (Å²) in [6.07, 6.45) is 10.7. The fourth-order valence-corrected chi connectivity index (χ4v) is 4.23. The molecule has 0 aliphatic heterocycles. The van der Waals surface area contributed by atoms with Gasteiger partial charge < -0.3 is 10.1 Å². The average molecular weight is 352 g/mol. The topological polar surface area (TPSA) is 21.3 Å². The van der Waals surface area contributed by atoms with E-state index in [2.05, 4.69) is 39.4 Å². The van der Waals surface area contributed by atoms with Gasteiger partial charge in [-0.1, -0.05) is 47.3 Å². The number of nitrogens with one attached hydrogen (secondary N) is 1. The molecule has 1 unspecified atom stereocenters. The van der Waals surface area contributed by atoms with E-state index in [4.69, 9.17) is 4.74 Å². The van der Waals surface area contributed by atoms with Crippen LogP contribution in [-0.4, -0.2) is 19.3 Å². The quantitative estimate of drug-likeness (QED) is 0.745. The van der Waals surface area contributed by atoms with Crippen LogP contribution in [0, 0.1) is 0 Å². The van der Waals surface area contributed by atoms with Crippen molar-refractivity contribution >= 4 is 15.9 Å². The van der Waals surface area contributed by atoms with Crippen molar-refractivity contribution < 1.29 is 4.74 Å². The molecule has 0 amide bonds. The lowest BCUT2D eigenvalue weighted by Gasteiger charge is -2.22. The molecule has 3 heteroatoms. The normalized spacial score (nSPS) is 22.4. The first-order chi connectivity index (χ1) is 10.3. The zero-order chi connectivity index (χ0) is 14.5. The number of fused-ring (bicyclic) bond motifs is 1. The fourth-order valence-electron chi connectivity index (χ4n) is 3.65. The maximum Gasteiger partial charge on any atom is 0.0575 e. The lowest BCUT2D eigenvalue weighted by molar-refractivity contribution is 0.0271. The van der Waals surface area contributed by atoms with Crippen LogP contribution in [0.25, 0.3) is 0 Å². The van der Waals surface area contributed by atoms with E-state index in [1.807, 2.05) is 0 Å². The van der Waals surface area contributed by atoms with E-state index in [0.29, 0.717) is 12.1 Å². The van der Waals surface area contributed by atoms with Gasteiger partial charge in [0.1, 0.15) is 0 Å². The number of ether oxygens (including phenoxy) is 1. The molecule has 3 rings (SSSR count). The highest BCUT2D eigenvalue weighted by molar-refractivity contribution is 9.10. The van der Waals surface area contributed by atoms with E-state index < -0.39 is 0 Å². The van der Waals surface area contributed by atoms with Gasteiger partial charge in [-0.3, -0.25) is 0 Å². The number of hydrogen-bond donors (Lipinski definition) is 1. The first-order valence-electron chi connectivity index (χ1n) is 8.47. The molecule has 1 aromatic carbocycles. The van der Waals surface area contributed by atoms with Crippen molar-refractivity contribution in [3.05, 3.63) is 33.8 Å². The molecule has 1 aromatic rings. The Labute approximate surface area is 136 Å². The minimum atomic E-state index is 0.534. The van der Waals surface area contributed by atoms with E-state index in [1.165, 1.54) is 60.5 Å². The van der Waals surface area contributed by atoms with Crippen LogP contribution in [0.1, 0.15) is 62.1 Å². The lowest BCUT2D eigenvalue weighted by atomic mass is 9.98. The van der Waals surface area contributed by atoms with Crippen LogP contribution in [0.4, 0.5) is 0 Å². The minimum Gasteiger partial charge on any atom is -0.378 e. The van der Waals surface area contributed by atoms with Crippen LogP contribution in [0.5, 0.6) is 0 Å². The van der Waals surface area contributed by atoms with Crippen LogP contribution < -0.4 is 5.32 Å². The Hall–Kier alpha value is -0.380. The Morgan fingerprint density at radius 3 is 2.86 bits per heavy atom. The first-order valence-corrected chi connectivity index (χ1v) is 9.26. The summed E-state index contributed by atoms with van der Waals surface area (Å²) in [7, 11) is 0. The third kappa shape index (κ3) is 4.08. The summed E-state index contributed by atoms with van der Waals surface area (Å²) >= 11 is 3.66. The highest BCUT2D eigenvalue weighted by Crippen LogP contribution is 2.35. The molecule has 2 aliphatic rings. The SMILES string of the molecule is Brc1cccc2c1CCC2NCCCOC1CCCCC1. The summed E-state index contributed by atoms with van der Waals surface area (Å²) in [6.45, 7) is 1.97. The van der Waals surface area contributed by atoms with E-state index in [1.54, 1.807) is 0 Å². The molecule has 21 heavy (non-hydrogen) atoms. The van der Waals surface area contributed by atoms with E-state index in [9.17, 15) is 0 Å². The van der Waals surface area contributed by atoms with Gasteiger partial charge >= 0.3 is 0 Å². The Bertz CT molecular complexity index is 457. The Kier molecular flexibility index (Phi) is 5.73. The Morgan fingerprint density at radius 1 is 1.14 bits per heavy atom. The molecule has 0 saturated heterocycles. The van der Waals surface area contributed by atoms with E-state index in [-0.39, 0.29) is 0 Å². The summed E-state index contributed by atoms with van der Waals surface area (Å²) in [5.41, 5.74) is 2.98. The fraction of sp³-hybridized carbons (Fsp3) is 0.667. The van der Waals surface area contributed by atoms with Crippen molar-refractivity contribution in [3.63, 3.8) is 0 Å². The third-order valence-corrected chi connectivity index (χ3v) is 5.57. The zero-order valence-corrected chi connectivity index (χ0v) is 14.3. The predicted octanol–water partition coefficient (Wildman–Crippen LogP) is 4.77. The van der Waals surface area contributed by atoms with Crippen LogP contribution in [0.2, 0.25) is 0 Å². The van der Waals surface area contributed by atoms with Crippen LogP contribution >= 0.6 is 15.9 Å². The van der Waals surface area contributed by atoms with Crippen LogP contribution in [0.15, 0.2) is 22.7 Å². The molecular weight excluding hydrogens is 326 g/mol. The van der Waals surface area contributed by atoms with Gasteiger partial charge in [-0.05, 0) is 55.8 Å². The van der Waals surface area contributed by atoms with Crippen molar-refractivity contribution in [2.45, 2.75) is 63.5 Å². The maximum absolute atomic E-state index is 5.99. The summed E-state index contributed by atoms with van der Waals surface area (Å²) in [4.78, 5) is 0. The molecule has 0 bridgehead atoms. The second-order valence-corrected chi connectivity index (χ2v) is 7.19. The maximum atomic E-state index is 5.99. The van der Waals surface area contributed by atoms with Crippen molar-refractivity contribution in [3.8, 4) is 0 Å². The zero-order valence-electron chi connectivity index (χ0n) is 12.7. The van der Waals surface area contributed by atoms with Gasteiger partial charge in [-0.25, -0.2) is 0 Å². The van der Waals surface area contributed by atoms with Crippen LogP contribution in [-0.2, 0) is 11.2 Å². The molecule has 116 valence electrons. The molecular formula is C18H26BrNO. The molecule has 0 heterocycles. The average Bonchev–Trinajstić information content (AvgIpc) is 2.93. The standard InChI is InChI=1S/C18H26BrNO/c19-17-9-4-8-16-15(17)10-11-18(16)20-12-5-13-21-14-6-2-1-3-7-14/h4,8-9,14,18,20H,1-3,5-7,10-13H2. The summed E-state index contributed by atoms with van der Waals surface area (Å²) < 4.78 is 7.26. The third-order valence-electron chi connectivity index (χ3n) is 4.83. The minimum absolute atomic E-state index is 0.534. The number of benzene rings is 1. The van der Waals surface area contributed by atoms with E-state index >= 15 is 0 Å². The van der Waals surface area contributed by atoms with Crippen molar-refractivity contribution in [1.82, 2.24) is 5.32 Å². The number of halogens is 1. The summed E-state index contributed by atoms with van der Waals surface area (Å²) in [5, 5.41) is 3.70. The van der Waals surface area contributed by atoms with Gasteiger partial charge in [0.2, 0.25) is 0 Å². The molecule has 2 nitrogen and oxygen atoms in total. The van der Waals surface area contributed by atoms with Crippen molar-refractivity contribution in [2.24, 2.45) is 0 Å². The molecule has 1 atom stereocenters. The van der Waals surface area contributed by atoms with Gasteiger partial charge in [0, 0.05) is 17.1 Å². The molecule has 2 aliphatic carbocycles. The molecule has 1 N–H and O–H groups in total. The predicted molar refractivity (Wildman–Crippen MR) is 90.6 cm³/mol. The molecule has 0 spiro atoms. The molecule has 1 fully saturated rings. The molecule has 1 saturated carbocycles. The van der Waals surface area contributed by atoms with Gasteiger partial charge in [-0.2, -0.15) is 0 Å². The van der Waals surface area contributed by atoms with Gasteiger partial charge in [0.25, 0.3) is 0 Å². The summed E-state index contributed by atoms with van der Waals surface area (Å²) in [5.74, 6) is 0. The van der Waals surface area contributed by atoms with Crippen molar-refractivity contribution in [2.75, 3.05) is 13.2 Å². The largest absolute Gasteiger partial charge is 0.378 e. The van der Waals surface area contributed by atoms with E-state index in [0.717, 1.165) is 19.6 Å². The Morgan fingerprint density at radius 2 is 2.00 bits per heavy atom. The highest BCUT2D eigenvalue weighted by atomic mass is 79.9. The van der Waals surface area contributed by atoms with Gasteiger partial charge in [0.05, 0.1) is 6.10 Å². The van der Waals surface area contributed by atoms with Gasteiger partial charge in [-0.15, -0.1) is 0 Å². The van der Waals surface area contributed by atoms with Gasteiger partial charge in [0.15, 0.2) is 0 Å². The second-order valence-electron chi connectivity index (χ2n) is 6.34. The lowest BCUT2D eigenvalue weighted by Crippen LogP contribution is -2.23. The first kappa shape index (κ1) is 15.5. The number of rotatable bonds is 6. The molecule has 0 aromatic heterocycles. The van der Waals surface area contributed by atoms with Crippen LogP contribution in [0.3, 0.4) is 0 Å². The highest BCUT2D eigenvalue weighted by Gasteiger charge is 2.23. The molecule has 0 radical (unpaired) electrons. The van der Waals surface area contributed by atoms with Crippen molar-refractivity contribution in [1.29, 1.82) is 0 Å². The summed E-state index contributed by atoms with van der Waals surface area (Å²) in [6, 6.07) is 7.10. The number of hydrogen-bond acceptors (Lipinski definition) is 2. The Balaban J connectivity index is 1.36.